The van der Waals surface area contributed by atoms with E-state index in [0.29, 0.717) is 13.1 Å². The molecule has 0 radical (unpaired) electrons. The molecule has 0 bridgehead atoms. The van der Waals surface area contributed by atoms with Crippen molar-refractivity contribution in [2.45, 2.75) is 13.1 Å². The molecule has 0 aliphatic rings. The Kier molecular flexibility index (Phi) is 5.00. The van der Waals surface area contributed by atoms with Crippen LogP contribution >= 0.6 is 11.3 Å². The molecule has 1 heterocycles. The molecule has 3 rings (SSSR count). The van der Waals surface area contributed by atoms with Gasteiger partial charge < -0.3 is 10.1 Å². The number of benzene rings is 2. The molecule has 0 spiro atoms. The number of nitrogens with zero attached hydrogens (tertiary/aromatic N) is 1. The topological polar surface area (TPSA) is 34.1 Å². The Morgan fingerprint density at radius 3 is 2.74 bits per heavy atom. The highest BCUT2D eigenvalue weighted by atomic mass is 32.1. The van der Waals surface area contributed by atoms with Crippen molar-refractivity contribution in [1.29, 1.82) is 0 Å². The fraction of sp³-hybridized carbons (Fsp3) is 0.167. The van der Waals surface area contributed by atoms with Crippen molar-refractivity contribution in [3.63, 3.8) is 0 Å². The molecular weight excluding hydrogens is 311 g/mol. The second kappa shape index (κ2) is 7.35. The molecule has 0 aliphatic heterocycles. The van der Waals surface area contributed by atoms with Crippen molar-refractivity contribution >= 4 is 11.3 Å². The molecule has 118 valence electrons. The zero-order valence-electron chi connectivity index (χ0n) is 12.8. The molecule has 5 heteroatoms. The SMILES string of the molecule is COc1cccc(-c2cnc(CNCc3ccc(F)cc3)s2)c1. The summed E-state index contributed by atoms with van der Waals surface area (Å²) in [5.41, 5.74) is 2.16. The van der Waals surface area contributed by atoms with E-state index in [9.17, 15) is 4.39 Å². The molecule has 0 aliphatic carbocycles. The molecule has 0 saturated carbocycles. The molecule has 0 atom stereocenters. The van der Waals surface area contributed by atoms with Crippen LogP contribution in [0, 0.1) is 5.82 Å². The van der Waals surface area contributed by atoms with Crippen molar-refractivity contribution in [2.24, 2.45) is 0 Å². The first-order chi connectivity index (χ1) is 11.2. The van der Waals surface area contributed by atoms with Gasteiger partial charge in [0.05, 0.1) is 12.0 Å². The van der Waals surface area contributed by atoms with Gasteiger partial charge in [-0.25, -0.2) is 9.37 Å². The van der Waals surface area contributed by atoms with Gasteiger partial charge in [0.1, 0.15) is 16.6 Å². The van der Waals surface area contributed by atoms with Gasteiger partial charge in [0.15, 0.2) is 0 Å². The van der Waals surface area contributed by atoms with Gasteiger partial charge in [-0.05, 0) is 35.4 Å². The summed E-state index contributed by atoms with van der Waals surface area (Å²) in [5.74, 6) is 0.628. The number of nitrogens with one attached hydrogen (secondary N) is 1. The summed E-state index contributed by atoms with van der Waals surface area (Å²) in [7, 11) is 1.66. The normalized spacial score (nSPS) is 10.7. The predicted octanol–water partition coefficient (Wildman–Crippen LogP) is 4.25. The molecule has 0 saturated heterocycles. The first-order valence-corrected chi connectivity index (χ1v) is 8.10. The fourth-order valence-corrected chi connectivity index (χ4v) is 3.10. The van der Waals surface area contributed by atoms with Crippen LogP contribution in [-0.2, 0) is 13.1 Å². The third-order valence-electron chi connectivity index (χ3n) is 3.43. The summed E-state index contributed by atoms with van der Waals surface area (Å²) in [4.78, 5) is 5.56. The third-order valence-corrected chi connectivity index (χ3v) is 4.47. The average molecular weight is 328 g/mol. The molecular formula is C18H17FN2OS. The van der Waals surface area contributed by atoms with Crippen LogP contribution in [0.5, 0.6) is 5.75 Å². The van der Waals surface area contributed by atoms with Crippen LogP contribution in [0.4, 0.5) is 4.39 Å². The van der Waals surface area contributed by atoms with E-state index in [0.717, 1.165) is 26.8 Å². The Hall–Kier alpha value is -2.24. The van der Waals surface area contributed by atoms with Gasteiger partial charge in [-0.15, -0.1) is 11.3 Å². The minimum Gasteiger partial charge on any atom is -0.497 e. The zero-order chi connectivity index (χ0) is 16.1. The number of thiazole rings is 1. The second-order valence-corrected chi connectivity index (χ2v) is 6.20. The molecule has 3 nitrogen and oxygen atoms in total. The molecule has 2 aromatic carbocycles. The zero-order valence-corrected chi connectivity index (χ0v) is 13.6. The van der Waals surface area contributed by atoms with E-state index in [-0.39, 0.29) is 5.82 Å². The van der Waals surface area contributed by atoms with E-state index in [4.69, 9.17) is 4.74 Å². The number of methoxy groups -OCH3 is 1. The molecule has 3 aromatic rings. The lowest BCUT2D eigenvalue weighted by molar-refractivity contribution is 0.415. The Labute approximate surface area is 138 Å². The summed E-state index contributed by atoms with van der Waals surface area (Å²) in [6, 6.07) is 14.5. The quantitative estimate of drug-likeness (QED) is 0.734. The lowest BCUT2D eigenvalue weighted by Crippen LogP contribution is -2.12. The number of aromatic nitrogens is 1. The monoisotopic (exact) mass is 328 g/mol. The molecule has 23 heavy (non-hydrogen) atoms. The standard InChI is InChI=1S/C18H17FN2OS/c1-22-16-4-2-3-14(9-16)17-11-21-18(23-17)12-20-10-13-5-7-15(19)8-6-13/h2-9,11,20H,10,12H2,1H3. The molecule has 1 aromatic heterocycles. The lowest BCUT2D eigenvalue weighted by atomic mass is 10.2. The van der Waals surface area contributed by atoms with Crippen LogP contribution < -0.4 is 10.1 Å². The summed E-state index contributed by atoms with van der Waals surface area (Å²) >= 11 is 1.65. The van der Waals surface area contributed by atoms with E-state index < -0.39 is 0 Å². The van der Waals surface area contributed by atoms with Crippen LogP contribution in [0.25, 0.3) is 10.4 Å². The maximum absolute atomic E-state index is 12.9. The number of halogens is 1. The number of hydrogen-bond acceptors (Lipinski definition) is 4. The molecule has 0 unspecified atom stereocenters. The van der Waals surface area contributed by atoms with Crippen molar-refractivity contribution < 1.29 is 9.13 Å². The molecule has 0 fully saturated rings. The largest absolute Gasteiger partial charge is 0.497 e. The molecule has 1 N–H and O–H groups in total. The Balaban J connectivity index is 1.59. The summed E-state index contributed by atoms with van der Waals surface area (Å²) in [6.45, 7) is 1.38. The average Bonchev–Trinajstić information content (AvgIpc) is 3.06. The van der Waals surface area contributed by atoms with Crippen molar-refractivity contribution in [3.05, 3.63) is 71.1 Å². The van der Waals surface area contributed by atoms with E-state index in [1.807, 2.05) is 30.5 Å². The van der Waals surface area contributed by atoms with Gasteiger partial charge in [0, 0.05) is 19.3 Å². The van der Waals surface area contributed by atoms with Crippen molar-refractivity contribution in [2.75, 3.05) is 7.11 Å². The van der Waals surface area contributed by atoms with Gasteiger partial charge in [0.25, 0.3) is 0 Å². The second-order valence-electron chi connectivity index (χ2n) is 5.08. The smallest absolute Gasteiger partial charge is 0.123 e. The Morgan fingerprint density at radius 1 is 1.13 bits per heavy atom. The highest BCUT2D eigenvalue weighted by Crippen LogP contribution is 2.28. The molecule has 0 amide bonds. The maximum Gasteiger partial charge on any atom is 0.123 e. The minimum atomic E-state index is -0.211. The predicted molar refractivity (Wildman–Crippen MR) is 91.0 cm³/mol. The van der Waals surface area contributed by atoms with Gasteiger partial charge >= 0.3 is 0 Å². The van der Waals surface area contributed by atoms with E-state index in [1.54, 1.807) is 30.6 Å². The van der Waals surface area contributed by atoms with Gasteiger partial charge in [-0.2, -0.15) is 0 Å². The van der Waals surface area contributed by atoms with Crippen molar-refractivity contribution in [1.82, 2.24) is 10.3 Å². The van der Waals surface area contributed by atoms with Gasteiger partial charge in [0.2, 0.25) is 0 Å². The number of rotatable bonds is 6. The van der Waals surface area contributed by atoms with Crippen LogP contribution in [0.2, 0.25) is 0 Å². The van der Waals surface area contributed by atoms with Crippen LogP contribution in [0.3, 0.4) is 0 Å². The Bertz CT molecular complexity index is 771. The van der Waals surface area contributed by atoms with Gasteiger partial charge in [-0.3, -0.25) is 0 Å². The third kappa shape index (κ3) is 4.15. The van der Waals surface area contributed by atoms with Crippen LogP contribution in [0.15, 0.2) is 54.7 Å². The van der Waals surface area contributed by atoms with E-state index in [2.05, 4.69) is 10.3 Å². The fourth-order valence-electron chi connectivity index (χ4n) is 2.22. The van der Waals surface area contributed by atoms with Crippen LogP contribution in [0.1, 0.15) is 10.6 Å². The highest BCUT2D eigenvalue weighted by molar-refractivity contribution is 7.15. The number of ether oxygens (including phenoxy) is 1. The van der Waals surface area contributed by atoms with Gasteiger partial charge in [-0.1, -0.05) is 24.3 Å². The highest BCUT2D eigenvalue weighted by Gasteiger charge is 2.05. The summed E-state index contributed by atoms with van der Waals surface area (Å²) in [6.07, 6.45) is 1.88. The maximum atomic E-state index is 12.9. The first-order valence-electron chi connectivity index (χ1n) is 7.29. The summed E-state index contributed by atoms with van der Waals surface area (Å²) < 4.78 is 18.1. The lowest BCUT2D eigenvalue weighted by Gasteiger charge is -2.03. The van der Waals surface area contributed by atoms with E-state index >= 15 is 0 Å². The Morgan fingerprint density at radius 2 is 1.96 bits per heavy atom. The van der Waals surface area contributed by atoms with Crippen molar-refractivity contribution in [3.8, 4) is 16.2 Å². The van der Waals surface area contributed by atoms with E-state index in [1.165, 1.54) is 12.1 Å². The first kappa shape index (κ1) is 15.6. The van der Waals surface area contributed by atoms with Crippen LogP contribution in [-0.4, -0.2) is 12.1 Å². The number of hydrogen-bond donors (Lipinski definition) is 1. The summed E-state index contributed by atoms with van der Waals surface area (Å²) in [5, 5.41) is 4.34. The minimum absolute atomic E-state index is 0.211.